The van der Waals surface area contributed by atoms with Crippen molar-refractivity contribution in [3.63, 3.8) is 0 Å². The number of rotatable bonds is 3. The normalized spacial score (nSPS) is 17.2. The van der Waals surface area contributed by atoms with Crippen molar-refractivity contribution in [3.05, 3.63) is 56.1 Å². The molecule has 0 saturated carbocycles. The van der Waals surface area contributed by atoms with E-state index in [1.165, 1.54) is 11.3 Å². The average Bonchev–Trinajstić information content (AvgIpc) is 3.05. The van der Waals surface area contributed by atoms with Crippen LogP contribution in [0.1, 0.15) is 24.0 Å². The maximum Gasteiger partial charge on any atom is 0.273 e. The van der Waals surface area contributed by atoms with E-state index in [0.29, 0.717) is 32.6 Å². The first-order valence-corrected chi connectivity index (χ1v) is 9.94. The highest BCUT2D eigenvalue weighted by Crippen LogP contribution is 2.28. The topological polar surface area (TPSA) is 87.9 Å². The Labute approximate surface area is 165 Å². The minimum atomic E-state index is -0.140. The molecule has 0 radical (unpaired) electrons. The molecular weight excluding hydrogens is 382 g/mol. The monoisotopic (exact) mass is 399 g/mol. The summed E-state index contributed by atoms with van der Waals surface area (Å²) in [4.78, 5) is 20.0. The summed E-state index contributed by atoms with van der Waals surface area (Å²) in [6.45, 7) is 1.72. The second-order valence-corrected chi connectivity index (χ2v) is 8.37. The SMILES string of the molecule is N#Cc1ccccc1Cn1c(N2CCCC(N)C2)nc2cc(Cl)sc2c1=O. The molecule has 1 saturated heterocycles. The summed E-state index contributed by atoms with van der Waals surface area (Å²) in [5, 5.41) is 9.40. The molecule has 27 heavy (non-hydrogen) atoms. The highest BCUT2D eigenvalue weighted by molar-refractivity contribution is 7.22. The molecule has 1 aliphatic rings. The number of aromatic nitrogens is 2. The third-order valence-corrected chi connectivity index (χ3v) is 6.03. The van der Waals surface area contributed by atoms with Gasteiger partial charge in [-0.1, -0.05) is 29.8 Å². The lowest BCUT2D eigenvalue weighted by Gasteiger charge is -2.33. The van der Waals surface area contributed by atoms with Gasteiger partial charge in [-0.05, 0) is 30.5 Å². The Kier molecular flexibility index (Phi) is 4.87. The highest BCUT2D eigenvalue weighted by Gasteiger charge is 2.23. The first-order valence-electron chi connectivity index (χ1n) is 8.75. The Balaban J connectivity index is 1.88. The molecule has 2 N–H and O–H groups in total. The summed E-state index contributed by atoms with van der Waals surface area (Å²) in [5.74, 6) is 0.588. The molecule has 3 aromatic rings. The molecule has 1 fully saturated rings. The zero-order valence-electron chi connectivity index (χ0n) is 14.6. The van der Waals surface area contributed by atoms with Gasteiger partial charge in [-0.15, -0.1) is 11.3 Å². The molecular formula is C19H18ClN5OS. The standard InChI is InChI=1S/C19H18ClN5OS/c20-16-8-15-17(27-16)18(26)25(10-13-5-2-1-4-12(13)9-21)19(23-15)24-7-3-6-14(22)11-24/h1-2,4-5,8,14H,3,6-7,10-11,22H2. The maximum absolute atomic E-state index is 13.2. The van der Waals surface area contributed by atoms with Crippen LogP contribution in [0.4, 0.5) is 5.95 Å². The molecule has 4 rings (SSSR count). The molecule has 0 bridgehead atoms. The summed E-state index contributed by atoms with van der Waals surface area (Å²) in [7, 11) is 0. The molecule has 6 nitrogen and oxygen atoms in total. The number of thiophene rings is 1. The Bertz CT molecular complexity index is 1100. The van der Waals surface area contributed by atoms with Crippen LogP contribution in [-0.4, -0.2) is 28.7 Å². The third kappa shape index (κ3) is 3.44. The van der Waals surface area contributed by atoms with Crippen LogP contribution in [-0.2, 0) is 6.54 Å². The van der Waals surface area contributed by atoms with E-state index in [0.717, 1.165) is 24.9 Å². The number of nitrogens with zero attached hydrogens (tertiary/aromatic N) is 4. The van der Waals surface area contributed by atoms with Gasteiger partial charge in [-0.2, -0.15) is 5.26 Å². The second-order valence-electron chi connectivity index (χ2n) is 6.69. The van der Waals surface area contributed by atoms with E-state index < -0.39 is 0 Å². The quantitative estimate of drug-likeness (QED) is 0.731. The van der Waals surface area contributed by atoms with Crippen LogP contribution in [0.25, 0.3) is 10.2 Å². The lowest BCUT2D eigenvalue weighted by atomic mass is 10.1. The molecule has 3 heterocycles. The molecule has 1 unspecified atom stereocenters. The Morgan fingerprint density at radius 1 is 1.41 bits per heavy atom. The van der Waals surface area contributed by atoms with E-state index in [1.807, 2.05) is 18.2 Å². The molecule has 8 heteroatoms. The van der Waals surface area contributed by atoms with Crippen LogP contribution in [0.2, 0.25) is 4.34 Å². The summed E-state index contributed by atoms with van der Waals surface area (Å²) < 4.78 is 2.70. The zero-order chi connectivity index (χ0) is 19.0. The minimum absolute atomic E-state index is 0.0530. The van der Waals surface area contributed by atoms with Gasteiger partial charge >= 0.3 is 0 Å². The fourth-order valence-corrected chi connectivity index (χ4v) is 4.59. The predicted molar refractivity (Wildman–Crippen MR) is 109 cm³/mol. The predicted octanol–water partition coefficient (Wildman–Crippen LogP) is 2.96. The van der Waals surface area contributed by atoms with Crippen molar-refractivity contribution in [1.29, 1.82) is 5.26 Å². The summed E-state index contributed by atoms with van der Waals surface area (Å²) in [6, 6.07) is 11.3. The summed E-state index contributed by atoms with van der Waals surface area (Å²) >= 11 is 7.36. The Hall–Kier alpha value is -2.40. The van der Waals surface area contributed by atoms with E-state index in [1.54, 1.807) is 16.7 Å². The lowest BCUT2D eigenvalue weighted by Crippen LogP contribution is -2.45. The van der Waals surface area contributed by atoms with E-state index in [9.17, 15) is 10.1 Å². The van der Waals surface area contributed by atoms with E-state index >= 15 is 0 Å². The van der Waals surface area contributed by atoms with Gasteiger partial charge in [-0.3, -0.25) is 9.36 Å². The molecule has 1 aromatic carbocycles. The van der Waals surface area contributed by atoms with Crippen molar-refractivity contribution in [2.24, 2.45) is 5.73 Å². The van der Waals surface area contributed by atoms with Crippen LogP contribution in [0.3, 0.4) is 0 Å². The zero-order valence-corrected chi connectivity index (χ0v) is 16.1. The number of benzene rings is 1. The van der Waals surface area contributed by atoms with E-state index in [4.69, 9.17) is 22.3 Å². The molecule has 1 atom stereocenters. The van der Waals surface area contributed by atoms with E-state index in [-0.39, 0.29) is 18.1 Å². The molecule has 138 valence electrons. The van der Waals surface area contributed by atoms with Crippen molar-refractivity contribution in [1.82, 2.24) is 9.55 Å². The van der Waals surface area contributed by atoms with Crippen LogP contribution in [0.15, 0.2) is 35.1 Å². The number of piperidine rings is 1. The van der Waals surface area contributed by atoms with Gasteiger partial charge in [0.15, 0.2) is 0 Å². The van der Waals surface area contributed by atoms with Gasteiger partial charge in [0.25, 0.3) is 5.56 Å². The van der Waals surface area contributed by atoms with Gasteiger partial charge < -0.3 is 10.6 Å². The summed E-state index contributed by atoms with van der Waals surface area (Å²) in [6.07, 6.45) is 1.92. The van der Waals surface area contributed by atoms with Crippen molar-refractivity contribution in [3.8, 4) is 6.07 Å². The van der Waals surface area contributed by atoms with Crippen LogP contribution in [0.5, 0.6) is 0 Å². The van der Waals surface area contributed by atoms with Crippen molar-refractivity contribution in [2.75, 3.05) is 18.0 Å². The van der Waals surface area contributed by atoms with E-state index in [2.05, 4.69) is 11.0 Å². The number of hydrogen-bond acceptors (Lipinski definition) is 6. The largest absolute Gasteiger partial charge is 0.341 e. The fraction of sp³-hybridized carbons (Fsp3) is 0.316. The van der Waals surface area contributed by atoms with Gasteiger partial charge in [0.2, 0.25) is 5.95 Å². The Morgan fingerprint density at radius 2 is 2.22 bits per heavy atom. The molecule has 0 spiro atoms. The van der Waals surface area contributed by atoms with Gasteiger partial charge in [-0.25, -0.2) is 4.98 Å². The van der Waals surface area contributed by atoms with Crippen molar-refractivity contribution >= 4 is 39.1 Å². The number of nitriles is 1. The molecule has 2 aromatic heterocycles. The van der Waals surface area contributed by atoms with Gasteiger partial charge in [0.1, 0.15) is 4.70 Å². The fourth-order valence-electron chi connectivity index (χ4n) is 3.48. The molecule has 0 aliphatic carbocycles. The second kappa shape index (κ2) is 7.31. The maximum atomic E-state index is 13.2. The number of halogens is 1. The third-order valence-electron chi connectivity index (χ3n) is 4.79. The Morgan fingerprint density at radius 3 is 3.00 bits per heavy atom. The van der Waals surface area contributed by atoms with Gasteiger partial charge in [0.05, 0.1) is 28.0 Å². The first-order chi connectivity index (χ1) is 13.1. The van der Waals surface area contributed by atoms with Crippen LogP contribution in [0, 0.1) is 11.3 Å². The highest BCUT2D eigenvalue weighted by atomic mass is 35.5. The number of fused-ring (bicyclic) bond motifs is 1. The van der Waals surface area contributed by atoms with Crippen LogP contribution < -0.4 is 16.2 Å². The lowest BCUT2D eigenvalue weighted by molar-refractivity contribution is 0.492. The number of anilines is 1. The van der Waals surface area contributed by atoms with Crippen molar-refractivity contribution in [2.45, 2.75) is 25.4 Å². The average molecular weight is 400 g/mol. The first kappa shape index (κ1) is 18.0. The van der Waals surface area contributed by atoms with Crippen molar-refractivity contribution < 1.29 is 0 Å². The smallest absolute Gasteiger partial charge is 0.273 e. The number of hydrogen-bond donors (Lipinski definition) is 1. The molecule has 1 aliphatic heterocycles. The van der Waals surface area contributed by atoms with Gasteiger partial charge in [0, 0.05) is 19.1 Å². The molecule has 0 amide bonds. The summed E-state index contributed by atoms with van der Waals surface area (Å²) in [5.41, 5.74) is 7.95. The van der Waals surface area contributed by atoms with Crippen LogP contribution >= 0.6 is 22.9 Å². The number of nitrogens with two attached hydrogens (primary N) is 1. The minimum Gasteiger partial charge on any atom is -0.341 e.